The third-order valence-corrected chi connectivity index (χ3v) is 8.43. The standard InChI is InChI=1S/C30H31ClFN3O3S/c1-19-16-26-28(38-19)17-27(35(26)18-23-24(31)4-3-5-25(23)32)30(37)34-14-11-21(12-15-34)29(36)33-13-10-20-6-8-22(39-2)9-7-20/h3-9,16-17,21H,10-15,18H2,1-2H3,(H,33,36). The minimum absolute atomic E-state index is 0.0355. The lowest BCUT2D eigenvalue weighted by atomic mass is 9.95. The zero-order valence-corrected chi connectivity index (χ0v) is 23.6. The molecule has 1 fully saturated rings. The van der Waals surface area contributed by atoms with Gasteiger partial charge in [0.15, 0.2) is 5.58 Å². The van der Waals surface area contributed by atoms with Crippen LogP contribution in [0, 0.1) is 18.7 Å². The van der Waals surface area contributed by atoms with Crippen LogP contribution in [0.2, 0.25) is 5.02 Å². The summed E-state index contributed by atoms with van der Waals surface area (Å²) in [4.78, 5) is 29.4. The summed E-state index contributed by atoms with van der Waals surface area (Å²) >= 11 is 8.01. The average molecular weight is 568 g/mol. The Bertz CT molecular complexity index is 1470. The molecule has 204 valence electrons. The fourth-order valence-electron chi connectivity index (χ4n) is 5.13. The summed E-state index contributed by atoms with van der Waals surface area (Å²) in [5, 5.41) is 3.36. The van der Waals surface area contributed by atoms with Crippen LogP contribution in [-0.4, -0.2) is 47.2 Å². The van der Waals surface area contributed by atoms with Gasteiger partial charge in [0.05, 0.1) is 12.1 Å². The first-order valence-corrected chi connectivity index (χ1v) is 14.7. The number of furan rings is 1. The van der Waals surface area contributed by atoms with Crippen molar-refractivity contribution in [2.45, 2.75) is 37.6 Å². The fraction of sp³-hybridized carbons (Fsp3) is 0.333. The number of fused-ring (bicyclic) bond motifs is 1. The molecule has 1 aliphatic heterocycles. The number of carbonyl (C=O) groups excluding carboxylic acids is 2. The third-order valence-electron chi connectivity index (χ3n) is 7.33. The Morgan fingerprint density at radius 1 is 1.13 bits per heavy atom. The summed E-state index contributed by atoms with van der Waals surface area (Å²) in [5.74, 6) is 0.0197. The van der Waals surface area contributed by atoms with E-state index in [9.17, 15) is 14.0 Å². The van der Waals surface area contributed by atoms with E-state index in [2.05, 4.69) is 29.6 Å². The molecule has 1 saturated heterocycles. The number of aryl methyl sites for hydroxylation is 1. The van der Waals surface area contributed by atoms with E-state index in [4.69, 9.17) is 16.0 Å². The number of nitrogens with one attached hydrogen (secondary N) is 1. The van der Waals surface area contributed by atoms with Gasteiger partial charge < -0.3 is 19.2 Å². The van der Waals surface area contributed by atoms with E-state index < -0.39 is 5.82 Å². The van der Waals surface area contributed by atoms with Gasteiger partial charge in [0.25, 0.3) is 5.91 Å². The van der Waals surface area contributed by atoms with E-state index in [-0.39, 0.29) is 24.3 Å². The van der Waals surface area contributed by atoms with Crippen molar-refractivity contribution < 1.29 is 18.4 Å². The Hall–Kier alpha value is -3.23. The molecule has 0 spiro atoms. The largest absolute Gasteiger partial charge is 0.460 e. The molecule has 4 aromatic rings. The number of thioether (sulfide) groups is 1. The predicted octanol–water partition coefficient (Wildman–Crippen LogP) is 6.32. The molecule has 3 heterocycles. The van der Waals surface area contributed by atoms with Crippen molar-refractivity contribution in [3.63, 3.8) is 0 Å². The van der Waals surface area contributed by atoms with Crippen LogP contribution in [0.25, 0.3) is 11.1 Å². The van der Waals surface area contributed by atoms with Gasteiger partial charge in [-0.3, -0.25) is 9.59 Å². The summed E-state index contributed by atoms with van der Waals surface area (Å²) in [5.41, 5.74) is 3.21. The summed E-state index contributed by atoms with van der Waals surface area (Å²) < 4.78 is 22.2. The molecule has 6 nitrogen and oxygen atoms in total. The number of aromatic nitrogens is 1. The van der Waals surface area contributed by atoms with Crippen LogP contribution >= 0.6 is 23.4 Å². The van der Waals surface area contributed by atoms with Crippen molar-refractivity contribution in [2.24, 2.45) is 5.92 Å². The Morgan fingerprint density at radius 2 is 1.87 bits per heavy atom. The Labute approximate surface area is 236 Å². The minimum atomic E-state index is -0.424. The maximum atomic E-state index is 14.6. The highest BCUT2D eigenvalue weighted by Crippen LogP contribution is 2.29. The van der Waals surface area contributed by atoms with Gasteiger partial charge in [-0.05, 0) is 62.3 Å². The van der Waals surface area contributed by atoms with Crippen molar-refractivity contribution in [3.05, 3.63) is 88.0 Å². The molecule has 0 radical (unpaired) electrons. The van der Waals surface area contributed by atoms with Gasteiger partial charge in [-0.15, -0.1) is 11.8 Å². The van der Waals surface area contributed by atoms with E-state index in [1.807, 2.05) is 19.2 Å². The normalized spacial score (nSPS) is 14.2. The highest BCUT2D eigenvalue weighted by atomic mass is 35.5. The molecule has 0 saturated carbocycles. The molecular weight excluding hydrogens is 537 g/mol. The van der Waals surface area contributed by atoms with Crippen LogP contribution in [-0.2, 0) is 17.8 Å². The second-order valence-electron chi connectivity index (χ2n) is 9.88. The first kappa shape index (κ1) is 27.3. The topological polar surface area (TPSA) is 67.5 Å². The number of piperidine rings is 1. The Morgan fingerprint density at radius 3 is 2.56 bits per heavy atom. The number of likely N-dealkylation sites (tertiary alicyclic amines) is 1. The van der Waals surface area contributed by atoms with E-state index in [1.54, 1.807) is 39.4 Å². The smallest absolute Gasteiger partial charge is 0.270 e. The van der Waals surface area contributed by atoms with Crippen LogP contribution in [0.15, 0.2) is 63.9 Å². The van der Waals surface area contributed by atoms with E-state index >= 15 is 0 Å². The number of hydrogen-bond donors (Lipinski definition) is 1. The zero-order valence-electron chi connectivity index (χ0n) is 22.0. The number of carbonyl (C=O) groups is 2. The molecule has 0 bridgehead atoms. The summed E-state index contributed by atoms with van der Waals surface area (Å²) in [6.07, 6.45) is 4.01. The monoisotopic (exact) mass is 567 g/mol. The van der Waals surface area contributed by atoms with Crippen LogP contribution in [0.3, 0.4) is 0 Å². The molecule has 9 heteroatoms. The van der Waals surface area contributed by atoms with Gasteiger partial charge in [-0.25, -0.2) is 4.39 Å². The van der Waals surface area contributed by atoms with Crippen molar-refractivity contribution >= 4 is 46.3 Å². The molecule has 0 aliphatic carbocycles. The van der Waals surface area contributed by atoms with Crippen LogP contribution in [0.4, 0.5) is 4.39 Å². The quantitative estimate of drug-likeness (QED) is 0.253. The summed E-state index contributed by atoms with van der Waals surface area (Å²) in [6.45, 7) is 3.46. The molecule has 0 unspecified atom stereocenters. The lowest BCUT2D eigenvalue weighted by molar-refractivity contribution is -0.126. The molecule has 2 amide bonds. The molecule has 2 aromatic heterocycles. The first-order chi connectivity index (χ1) is 18.8. The van der Waals surface area contributed by atoms with Crippen molar-refractivity contribution in [2.75, 3.05) is 25.9 Å². The van der Waals surface area contributed by atoms with Crippen LogP contribution in [0.1, 0.15) is 40.2 Å². The molecule has 0 atom stereocenters. The van der Waals surface area contributed by atoms with Crippen LogP contribution in [0.5, 0.6) is 0 Å². The number of amides is 2. The second kappa shape index (κ2) is 11.9. The molecular formula is C30H31ClFN3O3S. The second-order valence-corrected chi connectivity index (χ2v) is 11.2. The van der Waals surface area contributed by atoms with Crippen molar-refractivity contribution in [3.8, 4) is 0 Å². The molecule has 5 rings (SSSR count). The predicted molar refractivity (Wildman–Crippen MR) is 153 cm³/mol. The van der Waals surface area contributed by atoms with E-state index in [1.165, 1.54) is 16.5 Å². The van der Waals surface area contributed by atoms with Gasteiger partial charge in [0, 0.05) is 53.2 Å². The van der Waals surface area contributed by atoms with E-state index in [0.29, 0.717) is 65.6 Å². The molecule has 39 heavy (non-hydrogen) atoms. The van der Waals surface area contributed by atoms with Gasteiger partial charge in [0.1, 0.15) is 17.3 Å². The molecule has 1 N–H and O–H groups in total. The van der Waals surface area contributed by atoms with Gasteiger partial charge in [-0.2, -0.15) is 0 Å². The number of nitrogens with zero attached hydrogens (tertiary/aromatic N) is 2. The fourth-order valence-corrected chi connectivity index (χ4v) is 5.76. The van der Waals surface area contributed by atoms with Crippen LogP contribution < -0.4 is 5.32 Å². The zero-order chi connectivity index (χ0) is 27.5. The summed E-state index contributed by atoms with van der Waals surface area (Å²) in [7, 11) is 0. The van der Waals surface area contributed by atoms with Crippen molar-refractivity contribution in [1.82, 2.24) is 14.8 Å². The highest BCUT2D eigenvalue weighted by molar-refractivity contribution is 7.98. The first-order valence-electron chi connectivity index (χ1n) is 13.1. The highest BCUT2D eigenvalue weighted by Gasteiger charge is 2.30. The summed E-state index contributed by atoms with van der Waals surface area (Å²) in [6, 6.07) is 16.5. The van der Waals surface area contributed by atoms with Crippen molar-refractivity contribution in [1.29, 1.82) is 0 Å². The van der Waals surface area contributed by atoms with Gasteiger partial charge in [-0.1, -0.05) is 29.8 Å². The maximum absolute atomic E-state index is 14.6. The van der Waals surface area contributed by atoms with Gasteiger partial charge in [0.2, 0.25) is 5.91 Å². The minimum Gasteiger partial charge on any atom is -0.460 e. The lowest BCUT2D eigenvalue weighted by Crippen LogP contribution is -2.43. The molecule has 2 aromatic carbocycles. The maximum Gasteiger partial charge on any atom is 0.270 e. The number of benzene rings is 2. The number of halogens is 2. The van der Waals surface area contributed by atoms with E-state index in [0.717, 1.165) is 6.42 Å². The lowest BCUT2D eigenvalue weighted by Gasteiger charge is -2.31. The average Bonchev–Trinajstić information content (AvgIpc) is 3.47. The third kappa shape index (κ3) is 6.02. The number of rotatable bonds is 8. The SMILES string of the molecule is CSc1ccc(CCNC(=O)C2CCN(C(=O)c3cc4oc(C)cc4n3Cc3c(F)cccc3Cl)CC2)cc1. The molecule has 1 aliphatic rings. The van der Waals surface area contributed by atoms with Gasteiger partial charge >= 0.3 is 0 Å². The Kier molecular flexibility index (Phi) is 8.33. The Balaban J connectivity index is 1.22. The number of hydrogen-bond acceptors (Lipinski definition) is 4.